The summed E-state index contributed by atoms with van der Waals surface area (Å²) in [6.45, 7) is 1.98. The third kappa shape index (κ3) is 2.68. The van der Waals surface area contributed by atoms with Crippen molar-refractivity contribution < 1.29 is 18.3 Å². The van der Waals surface area contributed by atoms with Gasteiger partial charge in [0.15, 0.2) is 0 Å². The second-order valence-corrected chi connectivity index (χ2v) is 4.38. The van der Waals surface area contributed by atoms with E-state index in [1.165, 1.54) is 0 Å². The Morgan fingerprint density at radius 1 is 1.44 bits per heavy atom. The number of phenols is 1. The summed E-state index contributed by atoms with van der Waals surface area (Å²) in [5.41, 5.74) is 4.93. The molecule has 0 fully saturated rings. The highest BCUT2D eigenvalue weighted by atomic mass is 79.9. The van der Waals surface area contributed by atoms with Gasteiger partial charge in [0.05, 0.1) is 5.56 Å². The molecule has 0 aliphatic rings. The highest BCUT2D eigenvalue weighted by Gasteiger charge is 2.32. The van der Waals surface area contributed by atoms with Crippen molar-refractivity contribution >= 4 is 15.9 Å². The SMILES string of the molecule is CC(CN)c1c(O)cc(C(F)(F)F)cc1Br. The lowest BCUT2D eigenvalue weighted by molar-refractivity contribution is -0.137. The van der Waals surface area contributed by atoms with E-state index >= 15 is 0 Å². The summed E-state index contributed by atoms with van der Waals surface area (Å²) in [5, 5.41) is 9.55. The van der Waals surface area contributed by atoms with Crippen LogP contribution in [-0.4, -0.2) is 11.7 Å². The number of alkyl halides is 3. The van der Waals surface area contributed by atoms with Gasteiger partial charge >= 0.3 is 6.18 Å². The number of rotatable bonds is 2. The molecule has 2 nitrogen and oxygen atoms in total. The predicted octanol–water partition coefficient (Wildman–Crippen LogP) is 3.24. The van der Waals surface area contributed by atoms with Crippen molar-refractivity contribution in [2.45, 2.75) is 19.0 Å². The minimum absolute atomic E-state index is 0.211. The molecule has 6 heteroatoms. The minimum Gasteiger partial charge on any atom is -0.508 e. The first-order valence-corrected chi connectivity index (χ1v) is 5.36. The van der Waals surface area contributed by atoms with Crippen LogP contribution in [0.1, 0.15) is 24.0 Å². The fourth-order valence-electron chi connectivity index (χ4n) is 1.37. The Morgan fingerprint density at radius 3 is 2.38 bits per heavy atom. The van der Waals surface area contributed by atoms with Crippen LogP contribution in [0.3, 0.4) is 0 Å². The maximum Gasteiger partial charge on any atom is 0.416 e. The van der Waals surface area contributed by atoms with E-state index in [-0.39, 0.29) is 22.7 Å². The third-order valence-electron chi connectivity index (χ3n) is 2.28. The van der Waals surface area contributed by atoms with Crippen molar-refractivity contribution in [3.8, 4) is 5.75 Å². The quantitative estimate of drug-likeness (QED) is 0.880. The van der Waals surface area contributed by atoms with Crippen LogP contribution >= 0.6 is 15.9 Å². The van der Waals surface area contributed by atoms with Crippen LogP contribution in [0.5, 0.6) is 5.75 Å². The third-order valence-corrected chi connectivity index (χ3v) is 2.94. The van der Waals surface area contributed by atoms with Gasteiger partial charge < -0.3 is 10.8 Å². The monoisotopic (exact) mass is 297 g/mol. The number of phenolic OH excluding ortho intramolecular Hbond substituents is 1. The molecule has 0 spiro atoms. The van der Waals surface area contributed by atoms with Crippen molar-refractivity contribution in [3.63, 3.8) is 0 Å². The zero-order valence-corrected chi connectivity index (χ0v) is 10.1. The van der Waals surface area contributed by atoms with Gasteiger partial charge in [-0.3, -0.25) is 0 Å². The summed E-state index contributed by atoms with van der Waals surface area (Å²) < 4.78 is 37.4. The van der Waals surface area contributed by atoms with Gasteiger partial charge in [-0.1, -0.05) is 22.9 Å². The largest absolute Gasteiger partial charge is 0.508 e. The minimum atomic E-state index is -4.47. The van der Waals surface area contributed by atoms with Crippen molar-refractivity contribution in [1.82, 2.24) is 0 Å². The molecule has 0 amide bonds. The number of halogens is 4. The standard InChI is InChI=1S/C10H11BrF3NO/c1-5(4-15)9-7(11)2-6(3-8(9)16)10(12,13)14/h2-3,5,16H,4,15H2,1H3. The first-order chi connectivity index (χ1) is 7.27. The van der Waals surface area contributed by atoms with Gasteiger partial charge in [-0.25, -0.2) is 0 Å². The van der Waals surface area contributed by atoms with Gasteiger partial charge in [0.25, 0.3) is 0 Å². The Morgan fingerprint density at radius 2 is 2.00 bits per heavy atom. The first-order valence-electron chi connectivity index (χ1n) is 4.57. The van der Waals surface area contributed by atoms with Crippen LogP contribution in [0.2, 0.25) is 0 Å². The molecule has 1 rings (SSSR count). The topological polar surface area (TPSA) is 46.2 Å². The summed E-state index contributed by atoms with van der Waals surface area (Å²) in [6, 6.07) is 1.66. The average molecular weight is 298 g/mol. The molecule has 1 aromatic rings. The molecule has 90 valence electrons. The number of hydrogen-bond acceptors (Lipinski definition) is 2. The van der Waals surface area contributed by atoms with Gasteiger partial charge in [-0.2, -0.15) is 13.2 Å². The molecule has 1 atom stereocenters. The summed E-state index contributed by atoms with van der Waals surface area (Å²) in [4.78, 5) is 0. The van der Waals surface area contributed by atoms with E-state index in [0.29, 0.717) is 11.6 Å². The van der Waals surface area contributed by atoms with E-state index in [0.717, 1.165) is 6.07 Å². The molecule has 0 bridgehead atoms. The maximum absolute atomic E-state index is 12.4. The number of benzene rings is 1. The van der Waals surface area contributed by atoms with E-state index in [1.807, 2.05) is 0 Å². The van der Waals surface area contributed by atoms with Gasteiger partial charge in [-0.05, 0) is 24.6 Å². The van der Waals surface area contributed by atoms with Crippen LogP contribution in [0.25, 0.3) is 0 Å². The Hall–Kier alpha value is -0.750. The molecule has 0 heterocycles. The second-order valence-electron chi connectivity index (χ2n) is 3.53. The molecule has 0 radical (unpaired) electrons. The molecule has 16 heavy (non-hydrogen) atoms. The summed E-state index contributed by atoms with van der Waals surface area (Å²) >= 11 is 3.02. The van der Waals surface area contributed by atoms with E-state index in [4.69, 9.17) is 5.73 Å². The Bertz CT molecular complexity index is 369. The Kier molecular flexibility index (Phi) is 3.85. The van der Waals surface area contributed by atoms with Crippen LogP contribution < -0.4 is 5.73 Å². The number of hydrogen-bond donors (Lipinski definition) is 2. The lowest BCUT2D eigenvalue weighted by Gasteiger charge is -2.16. The van der Waals surface area contributed by atoms with Gasteiger partial charge in [0, 0.05) is 10.0 Å². The average Bonchev–Trinajstić information content (AvgIpc) is 2.14. The van der Waals surface area contributed by atoms with Crippen molar-refractivity contribution in [2.75, 3.05) is 6.54 Å². The fourth-order valence-corrected chi connectivity index (χ4v) is 2.21. The fraction of sp³-hybridized carbons (Fsp3) is 0.400. The van der Waals surface area contributed by atoms with Crippen molar-refractivity contribution in [1.29, 1.82) is 0 Å². The Labute approximate surface area is 99.4 Å². The molecule has 0 aliphatic heterocycles. The van der Waals surface area contributed by atoms with Gasteiger partial charge in [0.2, 0.25) is 0 Å². The highest BCUT2D eigenvalue weighted by Crippen LogP contribution is 2.39. The smallest absolute Gasteiger partial charge is 0.416 e. The zero-order chi connectivity index (χ0) is 12.5. The molecule has 0 aliphatic carbocycles. The molecular weight excluding hydrogens is 287 g/mol. The van der Waals surface area contributed by atoms with Crippen LogP contribution in [0.4, 0.5) is 13.2 Å². The molecule has 0 saturated carbocycles. The number of nitrogens with two attached hydrogens (primary N) is 1. The lowest BCUT2D eigenvalue weighted by atomic mass is 9.98. The number of aromatic hydroxyl groups is 1. The molecule has 0 saturated heterocycles. The first kappa shape index (κ1) is 13.3. The predicted molar refractivity (Wildman–Crippen MR) is 58.3 cm³/mol. The van der Waals surface area contributed by atoms with Gasteiger partial charge in [0.1, 0.15) is 5.75 Å². The van der Waals surface area contributed by atoms with Crippen LogP contribution in [-0.2, 0) is 6.18 Å². The van der Waals surface area contributed by atoms with Crippen LogP contribution in [0.15, 0.2) is 16.6 Å². The summed E-state index contributed by atoms with van der Waals surface area (Å²) in [7, 11) is 0. The summed E-state index contributed by atoms with van der Waals surface area (Å²) in [5.74, 6) is -0.601. The molecule has 0 aromatic heterocycles. The molecule has 3 N–H and O–H groups in total. The molecule has 1 aromatic carbocycles. The maximum atomic E-state index is 12.4. The van der Waals surface area contributed by atoms with Crippen molar-refractivity contribution in [3.05, 3.63) is 27.7 Å². The lowest BCUT2D eigenvalue weighted by Crippen LogP contribution is -2.11. The second kappa shape index (κ2) is 4.63. The van der Waals surface area contributed by atoms with Crippen molar-refractivity contribution in [2.24, 2.45) is 5.73 Å². The molecule has 1 unspecified atom stereocenters. The summed E-state index contributed by atoms with van der Waals surface area (Å²) in [6.07, 6.45) is -4.47. The molecular formula is C10H11BrF3NO. The van der Waals surface area contributed by atoms with E-state index < -0.39 is 11.7 Å². The van der Waals surface area contributed by atoms with Crippen LogP contribution in [0, 0.1) is 0 Å². The zero-order valence-electron chi connectivity index (χ0n) is 8.48. The highest BCUT2D eigenvalue weighted by molar-refractivity contribution is 9.10. The normalized spacial score (nSPS) is 13.9. The van der Waals surface area contributed by atoms with E-state index in [1.54, 1.807) is 6.92 Å². The van der Waals surface area contributed by atoms with E-state index in [9.17, 15) is 18.3 Å². The Balaban J connectivity index is 3.28. The van der Waals surface area contributed by atoms with Gasteiger partial charge in [-0.15, -0.1) is 0 Å². The van der Waals surface area contributed by atoms with E-state index in [2.05, 4.69) is 15.9 Å².